The van der Waals surface area contributed by atoms with E-state index in [4.69, 9.17) is 4.74 Å². The normalized spacial score (nSPS) is 15.8. The maximum absolute atomic E-state index is 12.8. The molecule has 1 aromatic rings. The average molecular weight is 360 g/mol. The first-order valence-electron chi connectivity index (χ1n) is 9.52. The molecule has 5 heteroatoms. The van der Waals surface area contributed by atoms with E-state index in [9.17, 15) is 9.59 Å². The zero-order chi connectivity index (χ0) is 19.3. The number of amides is 2. The second-order valence-corrected chi connectivity index (χ2v) is 8.36. The summed E-state index contributed by atoms with van der Waals surface area (Å²) < 4.78 is 5.80. The molecule has 1 fully saturated rings. The van der Waals surface area contributed by atoms with Crippen LogP contribution in [0.15, 0.2) is 24.3 Å². The van der Waals surface area contributed by atoms with Gasteiger partial charge in [0.25, 0.3) is 5.91 Å². The van der Waals surface area contributed by atoms with Crippen LogP contribution in [-0.2, 0) is 4.79 Å². The summed E-state index contributed by atoms with van der Waals surface area (Å²) in [5, 5.41) is 0. The van der Waals surface area contributed by atoms with Crippen LogP contribution in [-0.4, -0.2) is 53.4 Å². The highest BCUT2D eigenvalue weighted by Gasteiger charge is 2.23. The van der Waals surface area contributed by atoms with Crippen LogP contribution in [0.25, 0.3) is 0 Å². The molecule has 144 valence electrons. The van der Waals surface area contributed by atoms with Crippen molar-refractivity contribution in [1.82, 2.24) is 9.80 Å². The van der Waals surface area contributed by atoms with Gasteiger partial charge in [-0.2, -0.15) is 0 Å². The molecule has 0 aliphatic carbocycles. The Kier molecular flexibility index (Phi) is 6.68. The molecular weight excluding hydrogens is 328 g/mol. The van der Waals surface area contributed by atoms with Gasteiger partial charge in [-0.1, -0.05) is 13.8 Å². The van der Waals surface area contributed by atoms with E-state index in [2.05, 4.69) is 13.8 Å². The van der Waals surface area contributed by atoms with Gasteiger partial charge in [0.05, 0.1) is 0 Å². The Labute approximate surface area is 157 Å². The molecule has 0 bridgehead atoms. The number of benzene rings is 1. The van der Waals surface area contributed by atoms with Crippen LogP contribution in [0.4, 0.5) is 0 Å². The van der Waals surface area contributed by atoms with Gasteiger partial charge in [0.1, 0.15) is 11.4 Å². The lowest BCUT2D eigenvalue weighted by molar-refractivity contribution is -0.131. The van der Waals surface area contributed by atoms with Gasteiger partial charge < -0.3 is 14.5 Å². The predicted molar refractivity (Wildman–Crippen MR) is 103 cm³/mol. The lowest BCUT2D eigenvalue weighted by Gasteiger charge is -2.23. The van der Waals surface area contributed by atoms with Gasteiger partial charge in [-0.25, -0.2) is 0 Å². The maximum Gasteiger partial charge on any atom is 0.253 e. The van der Waals surface area contributed by atoms with E-state index in [0.717, 1.165) is 18.7 Å². The summed E-state index contributed by atoms with van der Waals surface area (Å²) in [6.45, 7) is 12.7. The first-order chi connectivity index (χ1) is 12.2. The summed E-state index contributed by atoms with van der Waals surface area (Å²) >= 11 is 0. The molecule has 0 saturated carbocycles. The lowest BCUT2D eigenvalue weighted by Crippen LogP contribution is -2.37. The first-order valence-corrected chi connectivity index (χ1v) is 9.52. The standard InChI is InChI=1S/C21H32N2O3/c1-16(2)15-19(24)22-11-6-12-23(14-13-22)20(25)17-7-9-18(10-8-17)26-21(3,4)5/h7-10,16H,6,11-15H2,1-5H3. The van der Waals surface area contributed by atoms with E-state index >= 15 is 0 Å². The summed E-state index contributed by atoms with van der Waals surface area (Å²) in [6, 6.07) is 7.31. The minimum atomic E-state index is -0.262. The van der Waals surface area contributed by atoms with Crippen LogP contribution in [0, 0.1) is 5.92 Å². The molecule has 1 aliphatic heterocycles. The topological polar surface area (TPSA) is 49.9 Å². The second-order valence-electron chi connectivity index (χ2n) is 8.36. The van der Waals surface area contributed by atoms with Crippen LogP contribution in [0.2, 0.25) is 0 Å². The van der Waals surface area contributed by atoms with Gasteiger partial charge in [-0.3, -0.25) is 9.59 Å². The van der Waals surface area contributed by atoms with Crippen LogP contribution in [0.5, 0.6) is 5.75 Å². The van der Waals surface area contributed by atoms with E-state index in [-0.39, 0.29) is 17.4 Å². The minimum absolute atomic E-state index is 0.0190. The number of carbonyl (C=O) groups excluding carboxylic acids is 2. The SMILES string of the molecule is CC(C)CC(=O)N1CCCN(C(=O)c2ccc(OC(C)(C)C)cc2)CC1. The number of hydrogen-bond donors (Lipinski definition) is 0. The molecule has 1 aliphatic rings. The number of nitrogens with zero attached hydrogens (tertiary/aromatic N) is 2. The Morgan fingerprint density at radius 3 is 2.15 bits per heavy atom. The summed E-state index contributed by atoms with van der Waals surface area (Å²) in [7, 11) is 0. The molecule has 0 aromatic heterocycles. The van der Waals surface area contributed by atoms with Crippen molar-refractivity contribution in [1.29, 1.82) is 0 Å². The third kappa shape index (κ3) is 6.04. The molecule has 0 N–H and O–H groups in total. The number of carbonyl (C=O) groups is 2. The Morgan fingerprint density at radius 1 is 1.00 bits per heavy atom. The predicted octanol–water partition coefficient (Wildman–Crippen LogP) is 3.58. The Bertz CT molecular complexity index is 617. The summed E-state index contributed by atoms with van der Waals surface area (Å²) in [6.07, 6.45) is 1.39. The fraction of sp³-hybridized carbons (Fsp3) is 0.619. The van der Waals surface area contributed by atoms with Gasteiger partial charge in [0, 0.05) is 38.2 Å². The van der Waals surface area contributed by atoms with Crippen molar-refractivity contribution >= 4 is 11.8 Å². The highest BCUT2D eigenvalue weighted by atomic mass is 16.5. The van der Waals surface area contributed by atoms with E-state index in [1.165, 1.54) is 0 Å². The Balaban J connectivity index is 1.96. The zero-order valence-electron chi connectivity index (χ0n) is 16.7. The molecule has 2 amide bonds. The quantitative estimate of drug-likeness (QED) is 0.824. The molecule has 5 nitrogen and oxygen atoms in total. The van der Waals surface area contributed by atoms with Gasteiger partial charge >= 0.3 is 0 Å². The maximum atomic E-state index is 12.8. The smallest absolute Gasteiger partial charge is 0.253 e. The lowest BCUT2D eigenvalue weighted by atomic mass is 10.1. The fourth-order valence-corrected chi connectivity index (χ4v) is 3.05. The van der Waals surface area contributed by atoms with E-state index in [0.29, 0.717) is 37.5 Å². The number of hydrogen-bond acceptors (Lipinski definition) is 3. The highest BCUT2D eigenvalue weighted by Crippen LogP contribution is 2.19. The third-order valence-electron chi connectivity index (χ3n) is 4.24. The Morgan fingerprint density at radius 2 is 1.58 bits per heavy atom. The molecular formula is C21H32N2O3. The summed E-state index contributed by atoms with van der Waals surface area (Å²) in [5.74, 6) is 1.33. The third-order valence-corrected chi connectivity index (χ3v) is 4.24. The van der Waals surface area contributed by atoms with Crippen LogP contribution in [0.1, 0.15) is 57.8 Å². The number of rotatable bonds is 4. The molecule has 1 heterocycles. The molecule has 0 radical (unpaired) electrons. The molecule has 0 atom stereocenters. The molecule has 1 aromatic carbocycles. The largest absolute Gasteiger partial charge is 0.488 e. The molecule has 26 heavy (non-hydrogen) atoms. The Hall–Kier alpha value is -2.04. The van der Waals surface area contributed by atoms with Crippen molar-refractivity contribution in [2.24, 2.45) is 5.92 Å². The van der Waals surface area contributed by atoms with E-state index < -0.39 is 0 Å². The first kappa shape index (κ1) is 20.3. The summed E-state index contributed by atoms with van der Waals surface area (Å²) in [4.78, 5) is 28.8. The molecule has 2 rings (SSSR count). The average Bonchev–Trinajstić information content (AvgIpc) is 2.79. The zero-order valence-corrected chi connectivity index (χ0v) is 16.7. The van der Waals surface area contributed by atoms with E-state index in [1.807, 2.05) is 54.8 Å². The van der Waals surface area contributed by atoms with Gasteiger partial charge in [-0.05, 0) is 57.4 Å². The van der Waals surface area contributed by atoms with Crippen molar-refractivity contribution in [2.75, 3.05) is 26.2 Å². The van der Waals surface area contributed by atoms with Crippen LogP contribution in [0.3, 0.4) is 0 Å². The fourth-order valence-electron chi connectivity index (χ4n) is 3.05. The second kappa shape index (κ2) is 8.56. The van der Waals surface area contributed by atoms with Gasteiger partial charge in [-0.15, -0.1) is 0 Å². The summed E-state index contributed by atoms with van der Waals surface area (Å²) in [5.41, 5.74) is 0.399. The van der Waals surface area contributed by atoms with Crippen LogP contribution < -0.4 is 4.74 Å². The minimum Gasteiger partial charge on any atom is -0.488 e. The molecule has 0 spiro atoms. The number of ether oxygens (including phenoxy) is 1. The van der Waals surface area contributed by atoms with Crippen molar-refractivity contribution in [2.45, 2.75) is 53.1 Å². The van der Waals surface area contributed by atoms with Crippen molar-refractivity contribution < 1.29 is 14.3 Å². The van der Waals surface area contributed by atoms with E-state index in [1.54, 1.807) is 0 Å². The van der Waals surface area contributed by atoms with Gasteiger partial charge in [0.15, 0.2) is 0 Å². The van der Waals surface area contributed by atoms with Crippen molar-refractivity contribution in [3.05, 3.63) is 29.8 Å². The molecule has 1 saturated heterocycles. The van der Waals surface area contributed by atoms with Gasteiger partial charge in [0.2, 0.25) is 5.91 Å². The molecule has 0 unspecified atom stereocenters. The van der Waals surface area contributed by atoms with Crippen LogP contribution >= 0.6 is 0 Å². The van der Waals surface area contributed by atoms with Crippen molar-refractivity contribution in [3.63, 3.8) is 0 Å². The monoisotopic (exact) mass is 360 g/mol. The highest BCUT2D eigenvalue weighted by molar-refractivity contribution is 5.94. The van der Waals surface area contributed by atoms with Crippen molar-refractivity contribution in [3.8, 4) is 5.75 Å².